The summed E-state index contributed by atoms with van der Waals surface area (Å²) in [5.41, 5.74) is -0.249. The Bertz CT molecular complexity index is 427. The van der Waals surface area contributed by atoms with Gasteiger partial charge in [-0.25, -0.2) is 0 Å². The van der Waals surface area contributed by atoms with Gasteiger partial charge in [0.05, 0.1) is 5.41 Å². The molecule has 132 valence electrons. The summed E-state index contributed by atoms with van der Waals surface area (Å²) in [7, 11) is 5.54. The first-order valence-corrected chi connectivity index (χ1v) is 9.16. The highest BCUT2D eigenvalue weighted by atomic mass is 16.2. The zero-order valence-corrected chi connectivity index (χ0v) is 15.3. The molecule has 0 aliphatic heterocycles. The maximum absolute atomic E-state index is 12.6. The van der Waals surface area contributed by atoms with Crippen LogP contribution >= 0.6 is 0 Å². The number of hydrogen-bond donors (Lipinski definition) is 2. The molecule has 2 fully saturated rings. The molecular formula is C18H34N4O. The SMILES string of the molecule is CN=C(NCC1(C(=O)N(C)C)CCCC1)NC1CCCC(C)C1. The third-order valence-corrected chi connectivity index (χ3v) is 5.52. The highest BCUT2D eigenvalue weighted by Gasteiger charge is 2.42. The average Bonchev–Trinajstić information content (AvgIpc) is 3.00. The van der Waals surface area contributed by atoms with Crippen molar-refractivity contribution in [1.82, 2.24) is 15.5 Å². The Kier molecular flexibility index (Phi) is 6.31. The van der Waals surface area contributed by atoms with E-state index in [9.17, 15) is 4.79 Å². The monoisotopic (exact) mass is 322 g/mol. The summed E-state index contributed by atoms with van der Waals surface area (Å²) in [6.07, 6.45) is 9.31. The lowest BCUT2D eigenvalue weighted by molar-refractivity contribution is -0.138. The lowest BCUT2D eigenvalue weighted by atomic mass is 9.84. The Balaban J connectivity index is 1.92. The van der Waals surface area contributed by atoms with Crippen molar-refractivity contribution in [2.24, 2.45) is 16.3 Å². The maximum Gasteiger partial charge on any atom is 0.230 e. The highest BCUT2D eigenvalue weighted by Crippen LogP contribution is 2.38. The van der Waals surface area contributed by atoms with Crippen molar-refractivity contribution in [2.45, 2.75) is 64.3 Å². The zero-order chi connectivity index (χ0) is 16.9. The summed E-state index contributed by atoms with van der Waals surface area (Å²) in [6, 6.07) is 0.508. The van der Waals surface area contributed by atoms with E-state index in [1.807, 2.05) is 21.1 Å². The molecule has 2 saturated carbocycles. The summed E-state index contributed by atoms with van der Waals surface area (Å²) >= 11 is 0. The quantitative estimate of drug-likeness (QED) is 0.617. The minimum Gasteiger partial charge on any atom is -0.355 e. The van der Waals surface area contributed by atoms with Gasteiger partial charge in [-0.3, -0.25) is 9.79 Å². The van der Waals surface area contributed by atoms with Gasteiger partial charge in [-0.15, -0.1) is 0 Å². The first-order valence-electron chi connectivity index (χ1n) is 9.16. The summed E-state index contributed by atoms with van der Waals surface area (Å²) in [4.78, 5) is 18.7. The molecule has 0 spiro atoms. The first-order chi connectivity index (χ1) is 11.0. The van der Waals surface area contributed by atoms with E-state index in [2.05, 4.69) is 22.5 Å². The number of aliphatic imine (C=N–C) groups is 1. The number of rotatable bonds is 4. The molecule has 2 unspecified atom stereocenters. The van der Waals surface area contributed by atoms with Crippen molar-refractivity contribution >= 4 is 11.9 Å². The fourth-order valence-electron chi connectivity index (χ4n) is 4.20. The second-order valence-electron chi connectivity index (χ2n) is 7.73. The van der Waals surface area contributed by atoms with Crippen LogP contribution in [-0.2, 0) is 4.79 Å². The van der Waals surface area contributed by atoms with Crippen LogP contribution in [0.3, 0.4) is 0 Å². The van der Waals surface area contributed by atoms with Crippen molar-refractivity contribution in [1.29, 1.82) is 0 Å². The van der Waals surface area contributed by atoms with Gasteiger partial charge in [0.2, 0.25) is 5.91 Å². The molecule has 2 aliphatic carbocycles. The molecule has 2 aliphatic rings. The summed E-state index contributed by atoms with van der Waals surface area (Å²) in [5, 5.41) is 7.00. The largest absolute Gasteiger partial charge is 0.355 e. The van der Waals surface area contributed by atoms with Crippen LogP contribution in [0, 0.1) is 11.3 Å². The van der Waals surface area contributed by atoms with Crippen LogP contribution in [0.2, 0.25) is 0 Å². The van der Waals surface area contributed by atoms with E-state index >= 15 is 0 Å². The standard InChI is InChI=1S/C18H34N4O/c1-14-8-7-9-15(12-14)21-17(19-2)20-13-18(10-5-6-11-18)16(23)22(3)4/h14-15H,5-13H2,1-4H3,(H2,19,20,21). The molecule has 0 bridgehead atoms. The van der Waals surface area contributed by atoms with Crippen LogP contribution in [0.15, 0.2) is 4.99 Å². The van der Waals surface area contributed by atoms with Crippen LogP contribution < -0.4 is 10.6 Å². The average molecular weight is 322 g/mol. The number of carbonyl (C=O) groups excluding carboxylic acids is 1. The van der Waals surface area contributed by atoms with Crippen molar-refractivity contribution in [3.8, 4) is 0 Å². The summed E-state index contributed by atoms with van der Waals surface area (Å²) < 4.78 is 0. The maximum atomic E-state index is 12.6. The van der Waals surface area contributed by atoms with Crippen LogP contribution in [-0.4, -0.2) is 50.5 Å². The molecule has 5 heteroatoms. The number of carbonyl (C=O) groups is 1. The van der Waals surface area contributed by atoms with E-state index in [1.54, 1.807) is 4.90 Å². The van der Waals surface area contributed by atoms with Crippen LogP contribution in [0.4, 0.5) is 0 Å². The molecule has 0 aromatic heterocycles. The highest BCUT2D eigenvalue weighted by molar-refractivity contribution is 5.85. The van der Waals surface area contributed by atoms with Gasteiger partial charge in [-0.1, -0.05) is 32.6 Å². The number of nitrogens with one attached hydrogen (secondary N) is 2. The van der Waals surface area contributed by atoms with Crippen molar-refractivity contribution in [3.63, 3.8) is 0 Å². The molecule has 0 heterocycles. The molecule has 0 aromatic carbocycles. The molecule has 0 aromatic rings. The molecule has 0 radical (unpaired) electrons. The van der Waals surface area contributed by atoms with Gasteiger partial charge >= 0.3 is 0 Å². The Morgan fingerprint density at radius 1 is 1.22 bits per heavy atom. The van der Waals surface area contributed by atoms with E-state index < -0.39 is 0 Å². The van der Waals surface area contributed by atoms with Crippen LogP contribution in [0.1, 0.15) is 58.3 Å². The summed E-state index contributed by atoms with van der Waals surface area (Å²) in [6.45, 7) is 3.01. The van der Waals surface area contributed by atoms with Gasteiger partial charge in [-0.2, -0.15) is 0 Å². The predicted molar refractivity (Wildman–Crippen MR) is 95.5 cm³/mol. The zero-order valence-electron chi connectivity index (χ0n) is 15.3. The van der Waals surface area contributed by atoms with Gasteiger partial charge in [0.1, 0.15) is 0 Å². The van der Waals surface area contributed by atoms with Crippen LogP contribution in [0.5, 0.6) is 0 Å². The second-order valence-corrected chi connectivity index (χ2v) is 7.73. The van der Waals surface area contributed by atoms with Gasteiger partial charge in [0.15, 0.2) is 5.96 Å². The van der Waals surface area contributed by atoms with E-state index in [0.29, 0.717) is 12.6 Å². The Morgan fingerprint density at radius 3 is 2.48 bits per heavy atom. The predicted octanol–water partition coefficient (Wildman–Crippen LogP) is 2.38. The third kappa shape index (κ3) is 4.61. The van der Waals surface area contributed by atoms with E-state index in [-0.39, 0.29) is 11.3 Å². The fraction of sp³-hybridized carbons (Fsp3) is 0.889. The Morgan fingerprint density at radius 2 is 1.91 bits per heavy atom. The number of hydrogen-bond acceptors (Lipinski definition) is 2. The minimum atomic E-state index is -0.249. The molecular weight excluding hydrogens is 288 g/mol. The minimum absolute atomic E-state index is 0.249. The van der Waals surface area contributed by atoms with Crippen molar-refractivity contribution in [3.05, 3.63) is 0 Å². The molecule has 5 nitrogen and oxygen atoms in total. The fourth-order valence-corrected chi connectivity index (χ4v) is 4.20. The molecule has 23 heavy (non-hydrogen) atoms. The molecule has 2 rings (SSSR count). The van der Waals surface area contributed by atoms with E-state index in [4.69, 9.17) is 0 Å². The molecule has 2 N–H and O–H groups in total. The number of amides is 1. The molecule has 1 amide bonds. The van der Waals surface area contributed by atoms with Gasteiger partial charge in [-0.05, 0) is 31.6 Å². The summed E-state index contributed by atoms with van der Waals surface area (Å²) in [5.74, 6) is 1.89. The first kappa shape index (κ1) is 18.1. The lowest BCUT2D eigenvalue weighted by Crippen LogP contribution is -2.51. The lowest BCUT2D eigenvalue weighted by Gasteiger charge is -2.33. The topological polar surface area (TPSA) is 56.7 Å². The van der Waals surface area contributed by atoms with Crippen molar-refractivity contribution < 1.29 is 4.79 Å². The second kappa shape index (κ2) is 8.02. The molecule has 2 atom stereocenters. The smallest absolute Gasteiger partial charge is 0.230 e. The Hall–Kier alpha value is -1.26. The third-order valence-electron chi connectivity index (χ3n) is 5.52. The van der Waals surface area contributed by atoms with Gasteiger partial charge in [0.25, 0.3) is 0 Å². The van der Waals surface area contributed by atoms with Gasteiger partial charge in [0, 0.05) is 33.7 Å². The number of nitrogens with zero attached hydrogens (tertiary/aromatic N) is 2. The molecule has 0 saturated heterocycles. The van der Waals surface area contributed by atoms with E-state index in [0.717, 1.165) is 37.6 Å². The van der Waals surface area contributed by atoms with Crippen LogP contribution in [0.25, 0.3) is 0 Å². The Labute approximate surface area is 141 Å². The van der Waals surface area contributed by atoms with E-state index in [1.165, 1.54) is 25.7 Å². The number of guanidine groups is 1. The normalized spacial score (nSPS) is 27.6. The van der Waals surface area contributed by atoms with Crippen molar-refractivity contribution in [2.75, 3.05) is 27.7 Å². The van der Waals surface area contributed by atoms with Gasteiger partial charge < -0.3 is 15.5 Å².